The number of hydrogen-bond acceptors (Lipinski definition) is 5. The minimum atomic E-state index is 0.218. The number of nitrogen functional groups attached to an aromatic ring is 1. The van der Waals surface area contributed by atoms with Crippen molar-refractivity contribution in [3.05, 3.63) is 30.3 Å². The molecule has 0 aliphatic carbocycles. The smallest absolute Gasteiger partial charge is 0.240 e. The molecule has 2 unspecified atom stereocenters. The van der Waals surface area contributed by atoms with Gasteiger partial charge in [-0.2, -0.15) is 0 Å². The van der Waals surface area contributed by atoms with E-state index in [0.717, 1.165) is 17.1 Å². The van der Waals surface area contributed by atoms with Crippen LogP contribution in [0.3, 0.4) is 0 Å². The van der Waals surface area contributed by atoms with Gasteiger partial charge in [-0.25, -0.2) is 4.98 Å². The van der Waals surface area contributed by atoms with Crippen LogP contribution in [0.1, 0.15) is 33.1 Å². The summed E-state index contributed by atoms with van der Waals surface area (Å²) in [5.41, 5.74) is 7.61. The van der Waals surface area contributed by atoms with Gasteiger partial charge in [0, 0.05) is 17.6 Å². The molecule has 3 rings (SSSR count). The van der Waals surface area contributed by atoms with E-state index in [0.29, 0.717) is 12.1 Å². The minimum Gasteiger partial charge on any atom is -0.366 e. The topological polar surface area (TPSA) is 67.9 Å². The number of hydrogen-bond donors (Lipinski definition) is 1. The molecule has 1 aliphatic heterocycles. The van der Waals surface area contributed by atoms with Crippen molar-refractivity contribution in [2.24, 2.45) is 0 Å². The van der Waals surface area contributed by atoms with Crippen LogP contribution in [-0.2, 0) is 0 Å². The highest BCUT2D eigenvalue weighted by Gasteiger charge is 2.29. The molecule has 0 radical (unpaired) electrons. The number of nitrogens with zero attached hydrogens (tertiary/aromatic N) is 4. The Morgan fingerprint density at radius 2 is 1.71 bits per heavy atom. The van der Waals surface area contributed by atoms with Crippen LogP contribution in [0.15, 0.2) is 30.3 Å². The van der Waals surface area contributed by atoms with Gasteiger partial charge in [-0.3, -0.25) is 0 Å². The Labute approximate surface area is 125 Å². The van der Waals surface area contributed by atoms with Crippen LogP contribution in [0, 0.1) is 0 Å². The van der Waals surface area contributed by atoms with Crippen molar-refractivity contribution >= 4 is 11.8 Å². The molecule has 110 valence electrons. The molecule has 1 aromatic carbocycles. The largest absolute Gasteiger partial charge is 0.366 e. The van der Waals surface area contributed by atoms with E-state index in [4.69, 9.17) is 5.73 Å². The van der Waals surface area contributed by atoms with Gasteiger partial charge in [0.05, 0.1) is 0 Å². The SMILES string of the molecule is CC1CCCC(C)N1c1nnc(N)nc1-c1ccccc1. The summed E-state index contributed by atoms with van der Waals surface area (Å²) in [5.74, 6) is 1.06. The lowest BCUT2D eigenvalue weighted by molar-refractivity contribution is 0.410. The molecule has 1 fully saturated rings. The van der Waals surface area contributed by atoms with Gasteiger partial charge < -0.3 is 10.6 Å². The third kappa shape index (κ3) is 2.68. The number of nitrogens with two attached hydrogens (primary N) is 1. The summed E-state index contributed by atoms with van der Waals surface area (Å²) < 4.78 is 0. The summed E-state index contributed by atoms with van der Waals surface area (Å²) in [6, 6.07) is 10.9. The van der Waals surface area contributed by atoms with E-state index in [1.165, 1.54) is 19.3 Å². The monoisotopic (exact) mass is 283 g/mol. The van der Waals surface area contributed by atoms with Crippen LogP contribution in [0.2, 0.25) is 0 Å². The summed E-state index contributed by atoms with van der Waals surface area (Å²) >= 11 is 0. The van der Waals surface area contributed by atoms with Crippen LogP contribution in [0.4, 0.5) is 11.8 Å². The highest BCUT2D eigenvalue weighted by molar-refractivity contribution is 5.73. The molecule has 2 heterocycles. The number of piperidine rings is 1. The van der Waals surface area contributed by atoms with E-state index in [-0.39, 0.29) is 5.95 Å². The van der Waals surface area contributed by atoms with Gasteiger partial charge in [-0.15, -0.1) is 10.2 Å². The summed E-state index contributed by atoms with van der Waals surface area (Å²) in [6.07, 6.45) is 3.60. The van der Waals surface area contributed by atoms with Crippen molar-refractivity contribution in [3.8, 4) is 11.3 Å². The first kappa shape index (κ1) is 13.8. The molecule has 5 heteroatoms. The predicted molar refractivity (Wildman–Crippen MR) is 84.9 cm³/mol. The molecule has 21 heavy (non-hydrogen) atoms. The van der Waals surface area contributed by atoms with E-state index in [1.54, 1.807) is 0 Å². The van der Waals surface area contributed by atoms with Gasteiger partial charge in [-0.05, 0) is 33.1 Å². The molecule has 2 aromatic rings. The van der Waals surface area contributed by atoms with Crippen LogP contribution < -0.4 is 10.6 Å². The zero-order valence-corrected chi connectivity index (χ0v) is 12.5. The number of benzene rings is 1. The molecule has 2 atom stereocenters. The lowest BCUT2D eigenvalue weighted by Crippen LogP contribution is -2.44. The fraction of sp³-hybridized carbons (Fsp3) is 0.438. The maximum Gasteiger partial charge on any atom is 0.240 e. The third-order valence-corrected chi connectivity index (χ3v) is 4.17. The van der Waals surface area contributed by atoms with Gasteiger partial charge in [0.15, 0.2) is 5.82 Å². The summed E-state index contributed by atoms with van der Waals surface area (Å²) in [4.78, 5) is 6.79. The van der Waals surface area contributed by atoms with Crippen LogP contribution in [0.5, 0.6) is 0 Å². The van der Waals surface area contributed by atoms with Gasteiger partial charge in [0.2, 0.25) is 5.95 Å². The van der Waals surface area contributed by atoms with E-state index < -0.39 is 0 Å². The molecular formula is C16H21N5. The average Bonchev–Trinajstić information content (AvgIpc) is 2.49. The molecule has 1 aromatic heterocycles. The third-order valence-electron chi connectivity index (χ3n) is 4.17. The second-order valence-electron chi connectivity index (χ2n) is 5.74. The molecular weight excluding hydrogens is 262 g/mol. The van der Waals surface area contributed by atoms with E-state index >= 15 is 0 Å². The fourth-order valence-corrected chi connectivity index (χ4v) is 3.14. The Balaban J connectivity index is 2.10. The first-order chi connectivity index (χ1) is 10.2. The maximum atomic E-state index is 5.76. The Morgan fingerprint density at radius 3 is 2.38 bits per heavy atom. The zero-order valence-electron chi connectivity index (χ0n) is 12.5. The first-order valence-electron chi connectivity index (χ1n) is 7.50. The Morgan fingerprint density at radius 1 is 1.05 bits per heavy atom. The highest BCUT2D eigenvalue weighted by atomic mass is 15.3. The van der Waals surface area contributed by atoms with Crippen LogP contribution in [0.25, 0.3) is 11.3 Å². The molecule has 0 saturated carbocycles. The quantitative estimate of drug-likeness (QED) is 0.918. The van der Waals surface area contributed by atoms with Crippen molar-refractivity contribution in [2.45, 2.75) is 45.2 Å². The maximum absolute atomic E-state index is 5.76. The molecule has 5 nitrogen and oxygen atoms in total. The molecule has 1 saturated heterocycles. The molecule has 0 bridgehead atoms. The summed E-state index contributed by atoms with van der Waals surface area (Å²) in [6.45, 7) is 4.48. The van der Waals surface area contributed by atoms with Crippen LogP contribution in [-0.4, -0.2) is 27.3 Å². The van der Waals surface area contributed by atoms with Gasteiger partial charge in [0.1, 0.15) is 5.69 Å². The average molecular weight is 283 g/mol. The molecule has 0 spiro atoms. The lowest BCUT2D eigenvalue weighted by atomic mass is 9.97. The lowest BCUT2D eigenvalue weighted by Gasteiger charge is -2.40. The van der Waals surface area contributed by atoms with Gasteiger partial charge in [-0.1, -0.05) is 30.3 Å². The van der Waals surface area contributed by atoms with Crippen molar-refractivity contribution in [3.63, 3.8) is 0 Å². The Kier molecular flexibility index (Phi) is 3.73. The normalized spacial score (nSPS) is 22.3. The van der Waals surface area contributed by atoms with Crippen LogP contribution >= 0.6 is 0 Å². The van der Waals surface area contributed by atoms with Gasteiger partial charge >= 0.3 is 0 Å². The Bertz CT molecular complexity index is 603. The van der Waals surface area contributed by atoms with Crippen molar-refractivity contribution < 1.29 is 0 Å². The summed E-state index contributed by atoms with van der Waals surface area (Å²) in [7, 11) is 0. The van der Waals surface area contributed by atoms with Crippen molar-refractivity contribution in [1.82, 2.24) is 15.2 Å². The number of rotatable bonds is 2. The number of anilines is 2. The second-order valence-corrected chi connectivity index (χ2v) is 5.74. The van der Waals surface area contributed by atoms with E-state index in [1.807, 2.05) is 30.3 Å². The predicted octanol–water partition coefficient (Wildman–Crippen LogP) is 2.89. The van der Waals surface area contributed by atoms with Gasteiger partial charge in [0.25, 0.3) is 0 Å². The van der Waals surface area contributed by atoms with Crippen molar-refractivity contribution in [1.29, 1.82) is 0 Å². The van der Waals surface area contributed by atoms with E-state index in [2.05, 4.69) is 33.9 Å². The standard InChI is InChI=1S/C16H21N5/c1-11-7-6-8-12(2)21(11)15-14(18-16(17)20-19-15)13-9-4-3-5-10-13/h3-5,9-12H,6-8H2,1-2H3,(H2,17,18,20). The molecule has 0 amide bonds. The zero-order chi connectivity index (χ0) is 14.8. The second kappa shape index (κ2) is 5.68. The number of aromatic nitrogens is 3. The van der Waals surface area contributed by atoms with E-state index in [9.17, 15) is 0 Å². The fourth-order valence-electron chi connectivity index (χ4n) is 3.14. The first-order valence-corrected chi connectivity index (χ1v) is 7.50. The Hall–Kier alpha value is -2.17. The molecule has 1 aliphatic rings. The van der Waals surface area contributed by atoms with Crippen molar-refractivity contribution in [2.75, 3.05) is 10.6 Å². The minimum absolute atomic E-state index is 0.218. The highest BCUT2D eigenvalue weighted by Crippen LogP contribution is 2.33. The summed E-state index contributed by atoms with van der Waals surface area (Å²) in [5, 5.41) is 8.35. The molecule has 2 N–H and O–H groups in total.